The van der Waals surface area contributed by atoms with Crippen LogP contribution in [0.25, 0.3) is 0 Å². The van der Waals surface area contributed by atoms with Crippen LogP contribution in [-0.4, -0.2) is 18.6 Å². The van der Waals surface area contributed by atoms with Gasteiger partial charge in [0.15, 0.2) is 0 Å². The van der Waals surface area contributed by atoms with Crippen molar-refractivity contribution in [2.75, 3.05) is 6.54 Å². The zero-order chi connectivity index (χ0) is 12.5. The number of hydrogen-bond donors (Lipinski definition) is 0. The van der Waals surface area contributed by atoms with Crippen LogP contribution in [0.5, 0.6) is 0 Å². The molecule has 1 fully saturated rings. The van der Waals surface area contributed by atoms with Crippen molar-refractivity contribution >= 4 is 28.6 Å². The zero-order valence-corrected chi connectivity index (χ0v) is 10.9. The largest absolute Gasteiger partial charge is 0.530 e. The van der Waals surface area contributed by atoms with E-state index in [4.69, 9.17) is 0 Å². The van der Waals surface area contributed by atoms with Gasteiger partial charge in [-0.25, -0.2) is 4.79 Å². The normalized spacial score (nSPS) is 20.6. The molecule has 0 N–H and O–H groups in total. The Morgan fingerprint density at radius 3 is 2.65 bits per heavy atom. The van der Waals surface area contributed by atoms with E-state index in [1.54, 1.807) is 4.58 Å². The minimum atomic E-state index is -4.70. The second kappa shape index (κ2) is 5.01. The molecule has 0 aliphatic carbocycles. The summed E-state index contributed by atoms with van der Waals surface area (Å²) >= 11 is 2.93. The van der Waals surface area contributed by atoms with E-state index >= 15 is 0 Å². The van der Waals surface area contributed by atoms with Crippen LogP contribution in [-0.2, 0) is 9.08 Å². The Morgan fingerprint density at radius 2 is 2.06 bits per heavy atom. The summed E-state index contributed by atoms with van der Waals surface area (Å²) < 4.78 is 37.6. The highest BCUT2D eigenvalue weighted by Gasteiger charge is 2.44. The molecule has 0 saturated carbocycles. The zero-order valence-electron chi connectivity index (χ0n) is 8.54. The molecule has 0 radical (unpaired) electrons. The van der Waals surface area contributed by atoms with Crippen molar-refractivity contribution in [2.45, 2.75) is 18.9 Å². The maximum atomic E-state index is 11.5. The number of hydrogen-bond acceptors (Lipinski definition) is 7. The first-order valence-electron chi connectivity index (χ1n) is 4.73. The maximum absolute atomic E-state index is 11.5. The van der Waals surface area contributed by atoms with Crippen LogP contribution >= 0.6 is 22.7 Å². The SMILES string of the molecule is O=C(O[Cl+3]([O-])([O-])[O-])C1CCC[N+]1=c1sccs1. The quantitative estimate of drug-likeness (QED) is 0.549. The third-order valence-electron chi connectivity index (χ3n) is 2.32. The van der Waals surface area contributed by atoms with Gasteiger partial charge in [-0.15, -0.1) is 0 Å². The first kappa shape index (κ1) is 12.9. The van der Waals surface area contributed by atoms with Gasteiger partial charge in [-0.05, 0) is 4.29 Å². The molecule has 1 aliphatic heterocycles. The highest BCUT2D eigenvalue weighted by Crippen LogP contribution is 2.13. The summed E-state index contributed by atoms with van der Waals surface area (Å²) in [6.07, 6.45) is 1.26. The molecule has 2 rings (SSSR count). The van der Waals surface area contributed by atoms with Gasteiger partial charge in [0.1, 0.15) is 16.8 Å². The molecule has 9 heteroatoms. The van der Waals surface area contributed by atoms with E-state index < -0.39 is 22.3 Å². The van der Waals surface area contributed by atoms with Crippen LogP contribution in [0.2, 0.25) is 0 Å². The van der Waals surface area contributed by atoms with Crippen molar-refractivity contribution in [2.24, 2.45) is 0 Å². The second-order valence-corrected chi connectivity index (χ2v) is 6.36. The lowest BCUT2D eigenvalue weighted by molar-refractivity contribution is -1.92. The fourth-order valence-corrected chi connectivity index (χ4v) is 3.94. The molecule has 1 aliphatic rings. The van der Waals surface area contributed by atoms with Gasteiger partial charge in [0.25, 0.3) is 6.04 Å². The predicted octanol–water partition coefficient (Wildman–Crippen LogP) is -2.82. The van der Waals surface area contributed by atoms with Crippen molar-refractivity contribution in [1.29, 1.82) is 0 Å². The topological polar surface area (TPSA) is 98.5 Å². The molecule has 0 aromatic carbocycles. The molecule has 1 saturated heterocycles. The lowest BCUT2D eigenvalue weighted by Crippen LogP contribution is -2.63. The van der Waals surface area contributed by atoms with Crippen molar-refractivity contribution in [3.63, 3.8) is 0 Å². The van der Waals surface area contributed by atoms with Gasteiger partial charge in [0.2, 0.25) is 0 Å². The fourth-order valence-electron chi connectivity index (χ4n) is 1.71. The molecule has 0 bridgehead atoms. The summed E-state index contributed by atoms with van der Waals surface area (Å²) in [5, 5.41) is 3.76. The Balaban J connectivity index is 2.22. The minimum Gasteiger partial charge on any atom is -0.227 e. The highest BCUT2D eigenvalue weighted by atomic mass is 35.7. The van der Waals surface area contributed by atoms with E-state index in [2.05, 4.69) is 4.29 Å². The van der Waals surface area contributed by atoms with Crippen LogP contribution in [0, 0.1) is 10.2 Å². The van der Waals surface area contributed by atoms with E-state index in [9.17, 15) is 18.8 Å². The summed E-state index contributed by atoms with van der Waals surface area (Å²) in [4.78, 5) is 11.5. The molecule has 1 aromatic rings. The van der Waals surface area contributed by atoms with E-state index in [0.29, 0.717) is 13.0 Å². The van der Waals surface area contributed by atoms with Crippen LogP contribution in [0.15, 0.2) is 10.8 Å². The first-order valence-corrected chi connectivity index (χ1v) is 7.73. The number of carbonyl (C=O) groups excluding carboxylic acids is 1. The lowest BCUT2D eigenvalue weighted by Gasteiger charge is -2.11. The average Bonchev–Trinajstić information content (AvgIpc) is 2.85. The number of nitrogens with zero attached hydrogens (tertiary/aromatic N) is 1. The van der Waals surface area contributed by atoms with Gasteiger partial charge in [0, 0.05) is 23.6 Å². The van der Waals surface area contributed by atoms with Gasteiger partial charge in [-0.2, -0.15) is 18.6 Å². The maximum Gasteiger partial charge on any atom is 0.530 e. The van der Waals surface area contributed by atoms with Gasteiger partial charge in [-0.3, -0.25) is 0 Å². The number of rotatable bonds is 2. The van der Waals surface area contributed by atoms with Gasteiger partial charge < -0.3 is 0 Å². The monoisotopic (exact) mass is 298 g/mol. The third kappa shape index (κ3) is 3.24. The van der Waals surface area contributed by atoms with Crippen molar-refractivity contribution < 1.29 is 33.3 Å². The van der Waals surface area contributed by atoms with Gasteiger partial charge in [0.05, 0.1) is 0 Å². The molecule has 17 heavy (non-hydrogen) atoms. The Morgan fingerprint density at radius 1 is 1.41 bits per heavy atom. The Bertz CT molecular complexity index is 460. The fraction of sp³-hybridized carbons (Fsp3) is 0.500. The third-order valence-corrected chi connectivity index (χ3v) is 4.83. The summed E-state index contributed by atoms with van der Waals surface area (Å²) in [5.41, 5.74) is 0. The smallest absolute Gasteiger partial charge is 0.227 e. The van der Waals surface area contributed by atoms with Crippen molar-refractivity contribution in [3.8, 4) is 0 Å². The van der Waals surface area contributed by atoms with Crippen LogP contribution in [0.3, 0.4) is 0 Å². The molecule has 2 heterocycles. The highest BCUT2D eigenvalue weighted by molar-refractivity contribution is 7.24. The molecule has 1 atom stereocenters. The molecule has 1 unspecified atom stereocenters. The summed E-state index contributed by atoms with van der Waals surface area (Å²) in [7, 11) is -4.70. The van der Waals surface area contributed by atoms with E-state index in [1.165, 1.54) is 22.7 Å². The average molecular weight is 299 g/mol. The Hall–Kier alpha value is -0.510. The van der Waals surface area contributed by atoms with Crippen LogP contribution in [0.4, 0.5) is 0 Å². The van der Waals surface area contributed by atoms with E-state index in [1.807, 2.05) is 10.8 Å². The number of halogens is 1. The standard InChI is InChI=1S/C8H9ClNO5S2/c11-7(15-9(12,13)14)6-2-1-3-10(6)8-16-4-5-17-8/h4-6H,1-3H2/q+1. The molecular weight excluding hydrogens is 290 g/mol. The van der Waals surface area contributed by atoms with Crippen molar-refractivity contribution in [3.05, 3.63) is 14.7 Å². The summed E-state index contributed by atoms with van der Waals surface area (Å²) in [5.74, 6) is -1.00. The Labute approximate surface area is 107 Å². The Kier molecular flexibility index (Phi) is 3.81. The van der Waals surface area contributed by atoms with Crippen LogP contribution < -0.4 is 22.5 Å². The minimum absolute atomic E-state index is 0.495. The molecule has 94 valence electrons. The molecular formula is C8H9ClNO5S2+. The first-order chi connectivity index (χ1) is 7.97. The van der Waals surface area contributed by atoms with E-state index in [-0.39, 0.29) is 0 Å². The van der Waals surface area contributed by atoms with Crippen LogP contribution in [0.1, 0.15) is 12.8 Å². The van der Waals surface area contributed by atoms with Gasteiger partial charge in [-0.1, -0.05) is 22.7 Å². The number of carbonyl (C=O) groups is 1. The summed E-state index contributed by atoms with van der Waals surface area (Å²) in [6.45, 7) is 0.659. The van der Waals surface area contributed by atoms with Gasteiger partial charge >= 0.3 is 9.95 Å². The molecule has 6 nitrogen and oxygen atoms in total. The van der Waals surface area contributed by atoms with E-state index in [0.717, 1.165) is 10.4 Å². The summed E-state index contributed by atoms with van der Waals surface area (Å²) in [6, 6.07) is -0.680. The molecule has 0 amide bonds. The molecule has 0 spiro atoms. The lowest BCUT2D eigenvalue weighted by atomic mass is 10.2. The second-order valence-electron chi connectivity index (χ2n) is 3.40. The molecule has 1 aromatic heterocycles. The van der Waals surface area contributed by atoms with Crippen molar-refractivity contribution in [1.82, 2.24) is 4.58 Å². The predicted molar refractivity (Wildman–Crippen MR) is 51.4 cm³/mol.